The third-order valence-electron chi connectivity index (χ3n) is 2.27. The molecule has 0 atom stereocenters. The lowest BCUT2D eigenvalue weighted by molar-refractivity contribution is 0.946. The van der Waals surface area contributed by atoms with Gasteiger partial charge in [-0.25, -0.2) is 9.50 Å². The van der Waals surface area contributed by atoms with E-state index in [4.69, 9.17) is 5.73 Å². The number of aromatic nitrogens is 5. The van der Waals surface area contributed by atoms with Crippen molar-refractivity contribution in [3.05, 3.63) is 36.9 Å². The van der Waals surface area contributed by atoms with Crippen LogP contribution < -0.4 is 5.73 Å². The summed E-state index contributed by atoms with van der Waals surface area (Å²) in [6.45, 7) is 0. The fraction of sp³-hybridized carbons (Fsp3) is 0. The summed E-state index contributed by atoms with van der Waals surface area (Å²) in [6.07, 6.45) is 6.73. The van der Waals surface area contributed by atoms with Gasteiger partial charge in [0.15, 0.2) is 5.65 Å². The molecule has 0 amide bonds. The van der Waals surface area contributed by atoms with Gasteiger partial charge in [0, 0.05) is 23.5 Å². The summed E-state index contributed by atoms with van der Waals surface area (Å²) in [5, 5.41) is 11.7. The molecule has 0 bridgehead atoms. The quantitative estimate of drug-likeness (QED) is 0.644. The van der Waals surface area contributed by atoms with Gasteiger partial charge in [-0.2, -0.15) is 10.2 Å². The molecule has 0 unspecified atom stereocenters. The van der Waals surface area contributed by atoms with Crippen LogP contribution in [-0.4, -0.2) is 24.8 Å². The zero-order valence-electron chi connectivity index (χ0n) is 8.28. The van der Waals surface area contributed by atoms with Crippen LogP contribution in [0, 0.1) is 0 Å². The van der Waals surface area contributed by atoms with Crippen molar-refractivity contribution in [2.75, 3.05) is 5.73 Å². The van der Waals surface area contributed by atoms with Crippen molar-refractivity contribution in [1.82, 2.24) is 24.8 Å². The van der Waals surface area contributed by atoms with Gasteiger partial charge in [0.05, 0.1) is 12.4 Å². The summed E-state index contributed by atoms with van der Waals surface area (Å²) in [4.78, 5) is 4.23. The van der Waals surface area contributed by atoms with Crippen LogP contribution in [0.3, 0.4) is 0 Å². The lowest BCUT2D eigenvalue weighted by Gasteiger charge is -2.03. The predicted octanol–water partition coefficient (Wildman–Crippen LogP) is 0.768. The molecular formula is C10H8N6. The Kier molecular flexibility index (Phi) is 1.79. The van der Waals surface area contributed by atoms with Crippen LogP contribution in [0.15, 0.2) is 36.9 Å². The minimum absolute atomic E-state index is 0.442. The van der Waals surface area contributed by atoms with E-state index in [2.05, 4.69) is 20.3 Å². The van der Waals surface area contributed by atoms with E-state index in [1.54, 1.807) is 35.4 Å². The molecule has 6 nitrogen and oxygen atoms in total. The fourth-order valence-electron chi connectivity index (χ4n) is 1.60. The molecule has 2 N–H and O–H groups in total. The number of nitrogens with two attached hydrogens (primary N) is 1. The number of imidazole rings is 1. The number of nitrogen functional groups attached to an aromatic ring is 1. The number of hydrogen-bond donors (Lipinski definition) is 1. The van der Waals surface area contributed by atoms with Gasteiger partial charge in [-0.05, 0) is 12.1 Å². The zero-order chi connectivity index (χ0) is 11.0. The number of rotatable bonds is 1. The summed E-state index contributed by atoms with van der Waals surface area (Å²) in [5.41, 5.74) is 8.29. The van der Waals surface area contributed by atoms with E-state index in [9.17, 15) is 0 Å². The summed E-state index contributed by atoms with van der Waals surface area (Å²) in [5.74, 6) is 0.442. The van der Waals surface area contributed by atoms with E-state index in [0.717, 1.165) is 16.8 Å². The predicted molar refractivity (Wildman–Crippen MR) is 58.4 cm³/mol. The van der Waals surface area contributed by atoms with Crippen LogP contribution >= 0.6 is 0 Å². The van der Waals surface area contributed by atoms with Crippen molar-refractivity contribution in [3.8, 4) is 11.1 Å². The Bertz CT molecular complexity index is 630. The summed E-state index contributed by atoms with van der Waals surface area (Å²) >= 11 is 0. The Labute approximate surface area is 90.8 Å². The highest BCUT2D eigenvalue weighted by molar-refractivity contribution is 5.78. The van der Waals surface area contributed by atoms with E-state index in [1.165, 1.54) is 0 Å². The van der Waals surface area contributed by atoms with Crippen LogP contribution in [0.5, 0.6) is 0 Å². The lowest BCUT2D eigenvalue weighted by Crippen LogP contribution is -1.99. The van der Waals surface area contributed by atoms with Gasteiger partial charge in [-0.3, -0.25) is 0 Å². The molecule has 16 heavy (non-hydrogen) atoms. The highest BCUT2D eigenvalue weighted by Crippen LogP contribution is 2.23. The van der Waals surface area contributed by atoms with E-state index >= 15 is 0 Å². The maximum absolute atomic E-state index is 5.73. The number of nitrogens with zero attached hydrogens (tertiary/aromatic N) is 5. The smallest absolute Gasteiger partial charge is 0.161 e. The Morgan fingerprint density at radius 2 is 2.12 bits per heavy atom. The summed E-state index contributed by atoms with van der Waals surface area (Å²) in [7, 11) is 0. The SMILES string of the molecule is Nc1cc(-c2ccnnc2)c2nccn2n1. The molecule has 0 spiro atoms. The number of anilines is 1. The minimum atomic E-state index is 0.442. The third-order valence-corrected chi connectivity index (χ3v) is 2.27. The molecule has 3 aromatic rings. The normalized spacial score (nSPS) is 10.8. The third kappa shape index (κ3) is 1.28. The second-order valence-electron chi connectivity index (χ2n) is 3.31. The van der Waals surface area contributed by atoms with Crippen LogP contribution in [0.2, 0.25) is 0 Å². The Morgan fingerprint density at radius 1 is 1.19 bits per heavy atom. The van der Waals surface area contributed by atoms with Gasteiger partial charge in [0.25, 0.3) is 0 Å². The van der Waals surface area contributed by atoms with Crippen LogP contribution in [-0.2, 0) is 0 Å². The molecule has 3 rings (SSSR count). The molecule has 0 saturated heterocycles. The molecular weight excluding hydrogens is 204 g/mol. The molecule has 6 heteroatoms. The Morgan fingerprint density at radius 3 is 2.94 bits per heavy atom. The minimum Gasteiger partial charge on any atom is -0.382 e. The van der Waals surface area contributed by atoms with E-state index in [0.29, 0.717) is 5.82 Å². The first-order chi connectivity index (χ1) is 7.84. The molecule has 0 aliphatic carbocycles. The lowest BCUT2D eigenvalue weighted by atomic mass is 10.1. The zero-order valence-corrected chi connectivity index (χ0v) is 8.28. The van der Waals surface area contributed by atoms with Crippen LogP contribution in [0.4, 0.5) is 5.82 Å². The van der Waals surface area contributed by atoms with Crippen molar-refractivity contribution >= 4 is 11.5 Å². The molecule has 0 fully saturated rings. The van der Waals surface area contributed by atoms with Crippen molar-refractivity contribution in [3.63, 3.8) is 0 Å². The van der Waals surface area contributed by atoms with E-state index < -0.39 is 0 Å². The summed E-state index contributed by atoms with van der Waals surface area (Å²) in [6, 6.07) is 3.63. The average molecular weight is 212 g/mol. The van der Waals surface area contributed by atoms with Gasteiger partial charge in [0.1, 0.15) is 5.82 Å². The largest absolute Gasteiger partial charge is 0.382 e. The van der Waals surface area contributed by atoms with Crippen molar-refractivity contribution in [2.45, 2.75) is 0 Å². The second kappa shape index (κ2) is 3.27. The molecule has 3 heterocycles. The van der Waals surface area contributed by atoms with E-state index in [-0.39, 0.29) is 0 Å². The van der Waals surface area contributed by atoms with Gasteiger partial charge >= 0.3 is 0 Å². The standard InChI is InChI=1S/C10H8N6/c11-9-5-8(7-1-2-13-14-6-7)10-12-3-4-16(10)15-9/h1-6H,(H2,11,15). The summed E-state index contributed by atoms with van der Waals surface area (Å²) < 4.78 is 1.64. The number of fused-ring (bicyclic) bond motifs is 1. The van der Waals surface area contributed by atoms with Crippen LogP contribution in [0.25, 0.3) is 16.8 Å². The second-order valence-corrected chi connectivity index (χ2v) is 3.31. The highest BCUT2D eigenvalue weighted by atomic mass is 15.3. The maximum Gasteiger partial charge on any atom is 0.161 e. The van der Waals surface area contributed by atoms with Gasteiger partial charge < -0.3 is 5.73 Å². The van der Waals surface area contributed by atoms with Crippen molar-refractivity contribution in [2.24, 2.45) is 0 Å². The molecule has 0 aliphatic rings. The van der Waals surface area contributed by atoms with Crippen LogP contribution in [0.1, 0.15) is 0 Å². The molecule has 78 valence electrons. The first-order valence-corrected chi connectivity index (χ1v) is 4.71. The molecule has 0 saturated carbocycles. The average Bonchev–Trinajstić information content (AvgIpc) is 2.77. The number of hydrogen-bond acceptors (Lipinski definition) is 5. The molecule has 0 aliphatic heterocycles. The maximum atomic E-state index is 5.73. The fourth-order valence-corrected chi connectivity index (χ4v) is 1.60. The van der Waals surface area contributed by atoms with Crippen molar-refractivity contribution in [1.29, 1.82) is 0 Å². The molecule has 3 aromatic heterocycles. The Balaban J connectivity index is 2.34. The first-order valence-electron chi connectivity index (χ1n) is 4.71. The Hall–Kier alpha value is -2.50. The van der Waals surface area contributed by atoms with Crippen molar-refractivity contribution < 1.29 is 0 Å². The monoisotopic (exact) mass is 212 g/mol. The first kappa shape index (κ1) is 8.78. The molecule has 0 aromatic carbocycles. The van der Waals surface area contributed by atoms with E-state index in [1.807, 2.05) is 6.07 Å². The highest BCUT2D eigenvalue weighted by Gasteiger charge is 2.07. The van der Waals surface area contributed by atoms with Gasteiger partial charge in [0.2, 0.25) is 0 Å². The molecule has 0 radical (unpaired) electrons. The van der Waals surface area contributed by atoms with Gasteiger partial charge in [-0.15, -0.1) is 5.10 Å². The topological polar surface area (TPSA) is 82.0 Å². The van der Waals surface area contributed by atoms with Gasteiger partial charge in [-0.1, -0.05) is 0 Å².